The second-order valence-electron chi connectivity index (χ2n) is 3.16. The fraction of sp³-hybridized carbons (Fsp3) is 0.0909. The first kappa shape index (κ1) is 9.86. The Labute approximate surface area is 91.0 Å². The Balaban J connectivity index is 2.65. The number of carbonyl (C=O) groups is 1. The third-order valence-electron chi connectivity index (χ3n) is 2.09. The van der Waals surface area contributed by atoms with Crippen LogP contribution < -0.4 is 0 Å². The molecule has 4 heteroatoms. The Morgan fingerprint density at radius 1 is 1.40 bits per heavy atom. The van der Waals surface area contributed by atoms with E-state index in [0.29, 0.717) is 15.7 Å². The van der Waals surface area contributed by atoms with Gasteiger partial charge in [-0.05, 0) is 12.1 Å². The van der Waals surface area contributed by atoms with Crippen LogP contribution in [-0.2, 0) is 11.2 Å². The Bertz CT molecular complexity index is 571. The molecule has 2 aromatic rings. The van der Waals surface area contributed by atoms with Crippen molar-refractivity contribution in [3.63, 3.8) is 0 Å². The second kappa shape index (κ2) is 3.82. The summed E-state index contributed by atoms with van der Waals surface area (Å²) < 4.78 is 5.85. The van der Waals surface area contributed by atoms with E-state index in [4.69, 9.17) is 21.7 Å². The Morgan fingerprint density at radius 3 is 2.87 bits per heavy atom. The summed E-state index contributed by atoms with van der Waals surface area (Å²) in [4.78, 5) is 10.6. The molecule has 0 fully saturated rings. The number of hydrogen-bond donors (Lipinski definition) is 1. The van der Waals surface area contributed by atoms with Gasteiger partial charge in [0.2, 0.25) is 0 Å². The minimum atomic E-state index is -0.911. The standard InChI is InChI=1S/C11H8O3S/c12-10(13)5-7-6-14-9-4-2-1-3-8(9)11(7)15/h1-4,6H,5H2,(H,12,13). The minimum absolute atomic E-state index is 0.104. The van der Waals surface area contributed by atoms with Crippen molar-refractivity contribution in [2.45, 2.75) is 6.42 Å². The summed E-state index contributed by atoms with van der Waals surface area (Å²) in [5.74, 6) is -0.911. The zero-order chi connectivity index (χ0) is 10.8. The molecular formula is C11H8O3S. The average molecular weight is 220 g/mol. The van der Waals surface area contributed by atoms with Crippen molar-refractivity contribution in [1.82, 2.24) is 0 Å². The Morgan fingerprint density at radius 2 is 2.13 bits per heavy atom. The monoisotopic (exact) mass is 220 g/mol. The molecule has 0 aliphatic heterocycles. The number of fused-ring (bicyclic) bond motifs is 1. The molecule has 0 aliphatic carbocycles. The summed E-state index contributed by atoms with van der Waals surface area (Å²) in [6.07, 6.45) is 1.31. The van der Waals surface area contributed by atoms with E-state index in [2.05, 4.69) is 0 Å². The smallest absolute Gasteiger partial charge is 0.307 e. The number of carboxylic acid groups (broad SMARTS) is 1. The van der Waals surface area contributed by atoms with Gasteiger partial charge in [-0.15, -0.1) is 0 Å². The summed E-state index contributed by atoms with van der Waals surface area (Å²) in [5, 5.41) is 9.46. The van der Waals surface area contributed by atoms with Gasteiger partial charge in [0, 0.05) is 10.9 Å². The number of rotatable bonds is 2. The van der Waals surface area contributed by atoms with Gasteiger partial charge in [0.25, 0.3) is 0 Å². The third kappa shape index (κ3) is 1.89. The van der Waals surface area contributed by atoms with Crippen LogP contribution in [0.1, 0.15) is 5.56 Å². The first-order chi connectivity index (χ1) is 7.18. The number of aliphatic carboxylic acids is 1. The maximum absolute atomic E-state index is 10.6. The van der Waals surface area contributed by atoms with E-state index in [-0.39, 0.29) is 6.42 Å². The highest BCUT2D eigenvalue weighted by Gasteiger charge is 2.06. The molecule has 3 nitrogen and oxygen atoms in total. The number of hydrogen-bond acceptors (Lipinski definition) is 3. The van der Waals surface area contributed by atoms with Crippen LogP contribution in [0.25, 0.3) is 11.0 Å². The predicted octanol–water partition coefficient (Wildman–Crippen LogP) is 2.79. The van der Waals surface area contributed by atoms with E-state index in [9.17, 15) is 4.79 Å². The topological polar surface area (TPSA) is 50.4 Å². The molecule has 0 spiro atoms. The molecule has 0 amide bonds. The molecule has 0 unspecified atom stereocenters. The predicted molar refractivity (Wildman–Crippen MR) is 58.4 cm³/mol. The molecule has 2 rings (SSSR count). The summed E-state index contributed by atoms with van der Waals surface area (Å²) in [5.41, 5.74) is 1.22. The summed E-state index contributed by atoms with van der Waals surface area (Å²) >= 11 is 5.19. The lowest BCUT2D eigenvalue weighted by atomic mass is 10.1. The summed E-state index contributed by atoms with van der Waals surface area (Å²) in [6.45, 7) is 0. The van der Waals surface area contributed by atoms with Gasteiger partial charge in [0.1, 0.15) is 5.58 Å². The molecule has 0 saturated carbocycles. The maximum atomic E-state index is 10.6. The van der Waals surface area contributed by atoms with E-state index in [1.54, 1.807) is 6.07 Å². The molecule has 1 aromatic heterocycles. The van der Waals surface area contributed by atoms with Crippen molar-refractivity contribution < 1.29 is 14.3 Å². The molecule has 1 heterocycles. The highest BCUT2D eigenvalue weighted by atomic mass is 32.1. The molecule has 0 saturated heterocycles. The van der Waals surface area contributed by atoms with Crippen LogP contribution in [0.2, 0.25) is 0 Å². The van der Waals surface area contributed by atoms with Gasteiger partial charge in [-0.3, -0.25) is 4.79 Å². The lowest BCUT2D eigenvalue weighted by molar-refractivity contribution is -0.136. The molecule has 0 aliphatic rings. The molecule has 1 aromatic carbocycles. The van der Waals surface area contributed by atoms with Gasteiger partial charge in [0.15, 0.2) is 0 Å². The Kier molecular flexibility index (Phi) is 2.51. The zero-order valence-electron chi connectivity index (χ0n) is 7.77. The van der Waals surface area contributed by atoms with E-state index in [1.807, 2.05) is 18.2 Å². The number of para-hydroxylation sites is 1. The van der Waals surface area contributed by atoms with Crippen LogP contribution in [0.15, 0.2) is 34.9 Å². The van der Waals surface area contributed by atoms with Gasteiger partial charge >= 0.3 is 5.97 Å². The van der Waals surface area contributed by atoms with E-state index >= 15 is 0 Å². The van der Waals surface area contributed by atoms with Crippen molar-refractivity contribution >= 4 is 29.2 Å². The fourth-order valence-electron chi connectivity index (χ4n) is 1.40. The van der Waals surface area contributed by atoms with Gasteiger partial charge in [-0.1, -0.05) is 24.4 Å². The van der Waals surface area contributed by atoms with Gasteiger partial charge in [-0.2, -0.15) is 0 Å². The van der Waals surface area contributed by atoms with E-state index in [0.717, 1.165) is 5.39 Å². The molecule has 0 radical (unpaired) electrons. The van der Waals surface area contributed by atoms with Crippen LogP contribution in [0.3, 0.4) is 0 Å². The summed E-state index contributed by atoms with van der Waals surface area (Å²) in [6, 6.07) is 7.32. The van der Waals surface area contributed by atoms with Crippen molar-refractivity contribution in [3.8, 4) is 0 Å². The van der Waals surface area contributed by atoms with Gasteiger partial charge < -0.3 is 9.52 Å². The van der Waals surface area contributed by atoms with Gasteiger partial charge in [-0.25, -0.2) is 0 Å². The van der Waals surface area contributed by atoms with Crippen molar-refractivity contribution in [2.24, 2.45) is 0 Å². The lowest BCUT2D eigenvalue weighted by Gasteiger charge is -2.00. The Hall–Kier alpha value is -1.68. The number of benzene rings is 1. The van der Waals surface area contributed by atoms with E-state index in [1.165, 1.54) is 6.26 Å². The van der Waals surface area contributed by atoms with Crippen LogP contribution in [-0.4, -0.2) is 11.1 Å². The molecule has 76 valence electrons. The van der Waals surface area contributed by atoms with Crippen LogP contribution in [0, 0.1) is 4.51 Å². The average Bonchev–Trinajstić information content (AvgIpc) is 2.22. The first-order valence-corrected chi connectivity index (χ1v) is 4.80. The van der Waals surface area contributed by atoms with Crippen LogP contribution in [0.4, 0.5) is 0 Å². The number of carboxylic acids is 1. The zero-order valence-corrected chi connectivity index (χ0v) is 8.58. The quantitative estimate of drug-likeness (QED) is 0.790. The fourth-order valence-corrected chi connectivity index (χ4v) is 1.69. The summed E-state index contributed by atoms with van der Waals surface area (Å²) in [7, 11) is 0. The van der Waals surface area contributed by atoms with Crippen LogP contribution in [0.5, 0.6) is 0 Å². The van der Waals surface area contributed by atoms with E-state index < -0.39 is 5.97 Å². The first-order valence-electron chi connectivity index (χ1n) is 4.39. The third-order valence-corrected chi connectivity index (χ3v) is 2.58. The maximum Gasteiger partial charge on any atom is 0.307 e. The highest BCUT2D eigenvalue weighted by molar-refractivity contribution is 7.71. The molecule has 1 N–H and O–H groups in total. The van der Waals surface area contributed by atoms with Crippen molar-refractivity contribution in [2.75, 3.05) is 0 Å². The SMILES string of the molecule is O=C(O)Cc1coc2ccccc2c1=S. The largest absolute Gasteiger partial charge is 0.481 e. The normalized spacial score (nSPS) is 10.4. The molecule has 0 bridgehead atoms. The minimum Gasteiger partial charge on any atom is -0.481 e. The molecule has 0 atom stereocenters. The molecule has 15 heavy (non-hydrogen) atoms. The van der Waals surface area contributed by atoms with Crippen LogP contribution >= 0.6 is 12.2 Å². The van der Waals surface area contributed by atoms with Crippen molar-refractivity contribution in [1.29, 1.82) is 0 Å². The second-order valence-corrected chi connectivity index (χ2v) is 3.56. The highest BCUT2D eigenvalue weighted by Crippen LogP contribution is 2.18. The molecular weight excluding hydrogens is 212 g/mol. The van der Waals surface area contributed by atoms with Crippen molar-refractivity contribution in [3.05, 3.63) is 40.6 Å². The lowest BCUT2D eigenvalue weighted by Crippen LogP contribution is -2.00. The van der Waals surface area contributed by atoms with Gasteiger partial charge in [0.05, 0.1) is 17.2 Å².